The SMILES string of the molecule is O=CCCCCCCC(=O)Nc1cccc(-c2ccccc2)c1. The Hall–Kier alpha value is -2.42. The van der Waals surface area contributed by atoms with E-state index in [9.17, 15) is 9.59 Å². The number of nitrogens with one attached hydrogen (secondary N) is 1. The standard InChI is InChI=1S/C20H23NO2/c22-15-8-3-1-2-7-14-20(23)21-19-13-9-12-18(16-19)17-10-5-4-6-11-17/h4-6,9-13,15-16H,1-3,7-8,14H2,(H,21,23). The maximum Gasteiger partial charge on any atom is 0.224 e. The number of aldehydes is 1. The fourth-order valence-corrected chi connectivity index (χ4v) is 2.50. The van der Waals surface area contributed by atoms with E-state index in [-0.39, 0.29) is 5.91 Å². The lowest BCUT2D eigenvalue weighted by Crippen LogP contribution is -2.11. The average Bonchev–Trinajstić information content (AvgIpc) is 2.59. The minimum atomic E-state index is 0.0469. The molecular weight excluding hydrogens is 286 g/mol. The van der Waals surface area contributed by atoms with Crippen LogP contribution in [0, 0.1) is 0 Å². The van der Waals surface area contributed by atoms with E-state index in [1.807, 2.05) is 42.5 Å². The number of benzene rings is 2. The Morgan fingerprint density at radius 3 is 2.39 bits per heavy atom. The van der Waals surface area contributed by atoms with E-state index in [0.29, 0.717) is 12.8 Å². The van der Waals surface area contributed by atoms with Gasteiger partial charge in [-0.3, -0.25) is 4.79 Å². The highest BCUT2D eigenvalue weighted by atomic mass is 16.1. The number of hydrogen-bond acceptors (Lipinski definition) is 2. The maximum absolute atomic E-state index is 12.0. The molecule has 0 aliphatic carbocycles. The Kier molecular flexibility index (Phi) is 7.05. The zero-order chi connectivity index (χ0) is 16.3. The van der Waals surface area contributed by atoms with E-state index in [0.717, 1.165) is 48.8 Å². The third-order valence-electron chi connectivity index (χ3n) is 3.73. The van der Waals surface area contributed by atoms with Gasteiger partial charge in [0.05, 0.1) is 0 Å². The summed E-state index contributed by atoms with van der Waals surface area (Å²) < 4.78 is 0. The van der Waals surface area contributed by atoms with Crippen molar-refractivity contribution < 1.29 is 9.59 Å². The number of rotatable bonds is 9. The third-order valence-corrected chi connectivity index (χ3v) is 3.73. The normalized spacial score (nSPS) is 10.3. The molecule has 1 N–H and O–H groups in total. The molecule has 0 radical (unpaired) electrons. The molecule has 0 saturated heterocycles. The summed E-state index contributed by atoms with van der Waals surface area (Å²) >= 11 is 0. The fourth-order valence-electron chi connectivity index (χ4n) is 2.50. The number of hydrogen-bond donors (Lipinski definition) is 1. The first kappa shape index (κ1) is 16.9. The summed E-state index contributed by atoms with van der Waals surface area (Å²) in [5.41, 5.74) is 3.06. The summed E-state index contributed by atoms with van der Waals surface area (Å²) in [7, 11) is 0. The van der Waals surface area contributed by atoms with Crippen LogP contribution in [-0.4, -0.2) is 12.2 Å². The molecule has 0 aliphatic rings. The molecule has 1 amide bonds. The lowest BCUT2D eigenvalue weighted by molar-refractivity contribution is -0.116. The van der Waals surface area contributed by atoms with Gasteiger partial charge in [-0.05, 0) is 36.1 Å². The molecule has 0 aromatic heterocycles. The van der Waals surface area contributed by atoms with E-state index < -0.39 is 0 Å². The van der Waals surface area contributed by atoms with Crippen LogP contribution in [0.1, 0.15) is 38.5 Å². The van der Waals surface area contributed by atoms with Gasteiger partial charge >= 0.3 is 0 Å². The molecule has 3 heteroatoms. The molecule has 0 heterocycles. The number of amides is 1. The van der Waals surface area contributed by atoms with Crippen molar-refractivity contribution in [3.05, 3.63) is 54.6 Å². The molecule has 23 heavy (non-hydrogen) atoms. The number of unbranched alkanes of at least 4 members (excludes halogenated alkanes) is 4. The summed E-state index contributed by atoms with van der Waals surface area (Å²) in [6.07, 6.45) is 5.88. The molecule has 0 bridgehead atoms. The predicted octanol–water partition coefficient (Wildman–Crippen LogP) is 4.83. The number of carbonyl (C=O) groups is 2. The predicted molar refractivity (Wildman–Crippen MR) is 94.3 cm³/mol. The van der Waals surface area contributed by atoms with E-state index >= 15 is 0 Å². The number of carbonyl (C=O) groups excluding carboxylic acids is 2. The highest BCUT2D eigenvalue weighted by molar-refractivity contribution is 5.91. The zero-order valence-corrected chi connectivity index (χ0v) is 13.3. The number of anilines is 1. The summed E-state index contributed by atoms with van der Waals surface area (Å²) in [6, 6.07) is 18.0. The molecule has 0 unspecified atom stereocenters. The van der Waals surface area contributed by atoms with Gasteiger partial charge in [0.1, 0.15) is 6.29 Å². The quantitative estimate of drug-likeness (QED) is 0.532. The van der Waals surface area contributed by atoms with Crippen LogP contribution in [0.2, 0.25) is 0 Å². The first-order valence-electron chi connectivity index (χ1n) is 8.18. The second kappa shape index (κ2) is 9.57. The largest absolute Gasteiger partial charge is 0.326 e. The van der Waals surface area contributed by atoms with Crippen molar-refractivity contribution in [1.29, 1.82) is 0 Å². The molecule has 0 fully saturated rings. The summed E-state index contributed by atoms with van der Waals surface area (Å²) in [5.74, 6) is 0.0469. The third kappa shape index (κ3) is 6.07. The highest BCUT2D eigenvalue weighted by Crippen LogP contribution is 2.22. The lowest BCUT2D eigenvalue weighted by atomic mass is 10.1. The molecule has 0 aliphatic heterocycles. The van der Waals surface area contributed by atoms with Crippen LogP contribution < -0.4 is 5.32 Å². The van der Waals surface area contributed by atoms with Gasteiger partial charge in [0, 0.05) is 18.5 Å². The van der Waals surface area contributed by atoms with Gasteiger partial charge in [0.25, 0.3) is 0 Å². The molecule has 0 saturated carbocycles. The van der Waals surface area contributed by atoms with Gasteiger partial charge in [0.2, 0.25) is 5.91 Å². The Morgan fingerprint density at radius 1 is 0.870 bits per heavy atom. The van der Waals surface area contributed by atoms with E-state index in [1.54, 1.807) is 0 Å². The van der Waals surface area contributed by atoms with Crippen LogP contribution in [0.3, 0.4) is 0 Å². The van der Waals surface area contributed by atoms with Crippen LogP contribution in [0.4, 0.5) is 5.69 Å². The molecule has 3 nitrogen and oxygen atoms in total. The van der Waals surface area contributed by atoms with Crippen LogP contribution >= 0.6 is 0 Å². The minimum absolute atomic E-state index is 0.0469. The van der Waals surface area contributed by atoms with Gasteiger partial charge in [0.15, 0.2) is 0 Å². The molecule has 0 atom stereocenters. The maximum atomic E-state index is 12.0. The van der Waals surface area contributed by atoms with Crippen molar-refractivity contribution in [2.45, 2.75) is 38.5 Å². The molecule has 120 valence electrons. The van der Waals surface area contributed by atoms with Crippen molar-refractivity contribution >= 4 is 17.9 Å². The average molecular weight is 309 g/mol. The van der Waals surface area contributed by atoms with Crippen molar-refractivity contribution in [3.63, 3.8) is 0 Å². The van der Waals surface area contributed by atoms with Gasteiger partial charge < -0.3 is 10.1 Å². The monoisotopic (exact) mass is 309 g/mol. The fraction of sp³-hybridized carbons (Fsp3) is 0.300. The Labute approximate surface area is 137 Å². The second-order valence-electron chi connectivity index (χ2n) is 5.61. The van der Waals surface area contributed by atoms with Crippen LogP contribution in [0.15, 0.2) is 54.6 Å². The highest BCUT2D eigenvalue weighted by Gasteiger charge is 2.04. The van der Waals surface area contributed by atoms with Gasteiger partial charge in [-0.1, -0.05) is 55.3 Å². The first-order chi connectivity index (χ1) is 11.3. The van der Waals surface area contributed by atoms with Gasteiger partial charge in [-0.2, -0.15) is 0 Å². The van der Waals surface area contributed by atoms with E-state index in [4.69, 9.17) is 0 Å². The van der Waals surface area contributed by atoms with Crippen LogP contribution in [0.25, 0.3) is 11.1 Å². The van der Waals surface area contributed by atoms with Crippen molar-refractivity contribution in [3.8, 4) is 11.1 Å². The zero-order valence-electron chi connectivity index (χ0n) is 13.3. The summed E-state index contributed by atoms with van der Waals surface area (Å²) in [5, 5.41) is 2.96. The van der Waals surface area contributed by atoms with E-state index in [2.05, 4.69) is 17.4 Å². The smallest absolute Gasteiger partial charge is 0.224 e. The Morgan fingerprint density at radius 2 is 1.61 bits per heavy atom. The molecule has 2 aromatic rings. The Bertz CT molecular complexity index is 623. The van der Waals surface area contributed by atoms with Crippen molar-refractivity contribution in [1.82, 2.24) is 0 Å². The minimum Gasteiger partial charge on any atom is -0.326 e. The molecule has 2 rings (SSSR count). The lowest BCUT2D eigenvalue weighted by Gasteiger charge is -2.08. The van der Waals surface area contributed by atoms with Gasteiger partial charge in [-0.25, -0.2) is 0 Å². The molecule has 0 spiro atoms. The van der Waals surface area contributed by atoms with E-state index in [1.165, 1.54) is 0 Å². The second-order valence-corrected chi connectivity index (χ2v) is 5.61. The first-order valence-corrected chi connectivity index (χ1v) is 8.18. The van der Waals surface area contributed by atoms with Crippen molar-refractivity contribution in [2.75, 3.05) is 5.32 Å². The van der Waals surface area contributed by atoms with Gasteiger partial charge in [-0.15, -0.1) is 0 Å². The summed E-state index contributed by atoms with van der Waals surface area (Å²) in [6.45, 7) is 0. The molecular formula is C20H23NO2. The topological polar surface area (TPSA) is 46.2 Å². The Balaban J connectivity index is 1.81. The van der Waals surface area contributed by atoms with Crippen LogP contribution in [0.5, 0.6) is 0 Å². The van der Waals surface area contributed by atoms with Crippen LogP contribution in [-0.2, 0) is 9.59 Å². The van der Waals surface area contributed by atoms with Crippen molar-refractivity contribution in [2.24, 2.45) is 0 Å². The molecule has 2 aromatic carbocycles. The summed E-state index contributed by atoms with van der Waals surface area (Å²) in [4.78, 5) is 22.2.